The summed E-state index contributed by atoms with van der Waals surface area (Å²) >= 11 is 0. The van der Waals surface area contributed by atoms with Crippen molar-refractivity contribution in [2.75, 3.05) is 10.6 Å². The van der Waals surface area contributed by atoms with E-state index in [0.717, 1.165) is 47.1 Å². The first-order chi connectivity index (χ1) is 14.2. The first-order valence-electron chi connectivity index (χ1n) is 9.92. The van der Waals surface area contributed by atoms with E-state index in [4.69, 9.17) is 10.7 Å². The largest absolute Gasteiger partial charge is 0.366 e. The van der Waals surface area contributed by atoms with Gasteiger partial charge in [-0.3, -0.25) is 9.89 Å². The number of hydrogen-bond donors (Lipinski definition) is 5. The smallest absolute Gasteiger partial charge is 0.259 e. The number of nitrogens with zero attached hydrogens (tertiary/aromatic N) is 2. The summed E-state index contributed by atoms with van der Waals surface area (Å²) in [5.41, 5.74) is 7.85. The zero-order valence-corrected chi connectivity index (χ0v) is 15.9. The third-order valence-electron chi connectivity index (χ3n) is 5.61. The Morgan fingerprint density at radius 2 is 2.00 bits per heavy atom. The second kappa shape index (κ2) is 7.21. The van der Waals surface area contributed by atoms with Gasteiger partial charge in [-0.05, 0) is 48.6 Å². The maximum atomic E-state index is 12.5. The highest BCUT2D eigenvalue weighted by molar-refractivity contribution is 5.95. The van der Waals surface area contributed by atoms with Gasteiger partial charge in [0.2, 0.25) is 0 Å². The Labute approximate surface area is 166 Å². The maximum absolute atomic E-state index is 12.5. The van der Waals surface area contributed by atoms with Crippen molar-refractivity contribution in [1.82, 2.24) is 20.2 Å². The SMILES string of the molecule is NC1CCCC[C@@H]1Nc1cc2cc[nH]c(=O)c2c(Nc2ccc3cn[nH]c3c2)n1. The number of rotatable bonds is 4. The number of nitrogens with one attached hydrogen (secondary N) is 4. The summed E-state index contributed by atoms with van der Waals surface area (Å²) in [6.45, 7) is 0. The lowest BCUT2D eigenvalue weighted by molar-refractivity contribution is 0.403. The molecule has 1 saturated carbocycles. The van der Waals surface area contributed by atoms with Gasteiger partial charge < -0.3 is 21.4 Å². The van der Waals surface area contributed by atoms with Crippen molar-refractivity contribution in [3.05, 3.63) is 53.1 Å². The molecule has 0 amide bonds. The fourth-order valence-corrected chi connectivity index (χ4v) is 4.06. The van der Waals surface area contributed by atoms with Crippen LogP contribution in [0.25, 0.3) is 21.7 Å². The first-order valence-corrected chi connectivity index (χ1v) is 9.92. The minimum Gasteiger partial charge on any atom is -0.366 e. The van der Waals surface area contributed by atoms with Crippen LogP contribution in [0.3, 0.4) is 0 Å². The van der Waals surface area contributed by atoms with Gasteiger partial charge in [0.25, 0.3) is 5.56 Å². The molecule has 6 N–H and O–H groups in total. The second-order valence-corrected chi connectivity index (χ2v) is 7.62. The monoisotopic (exact) mass is 389 g/mol. The predicted octanol–water partition coefficient (Wildman–Crippen LogP) is 3.22. The Kier molecular flexibility index (Phi) is 4.40. The van der Waals surface area contributed by atoms with E-state index in [0.29, 0.717) is 11.2 Å². The van der Waals surface area contributed by atoms with Gasteiger partial charge in [-0.1, -0.05) is 12.8 Å². The van der Waals surface area contributed by atoms with E-state index in [1.807, 2.05) is 30.3 Å². The van der Waals surface area contributed by atoms with Gasteiger partial charge in [-0.2, -0.15) is 5.10 Å². The summed E-state index contributed by atoms with van der Waals surface area (Å²) in [5.74, 6) is 1.23. The van der Waals surface area contributed by atoms with E-state index >= 15 is 0 Å². The molecule has 3 aromatic heterocycles. The third-order valence-corrected chi connectivity index (χ3v) is 5.61. The summed E-state index contributed by atoms with van der Waals surface area (Å²) in [6.07, 6.45) is 7.79. The number of hydrogen-bond acceptors (Lipinski definition) is 6. The van der Waals surface area contributed by atoms with Crippen LogP contribution in [0.4, 0.5) is 17.3 Å². The fraction of sp³-hybridized carbons (Fsp3) is 0.286. The van der Waals surface area contributed by atoms with Gasteiger partial charge in [0.1, 0.15) is 11.6 Å². The third kappa shape index (κ3) is 3.42. The zero-order valence-electron chi connectivity index (χ0n) is 15.9. The number of fused-ring (bicyclic) bond motifs is 2. The van der Waals surface area contributed by atoms with Crippen molar-refractivity contribution in [2.45, 2.75) is 37.8 Å². The van der Waals surface area contributed by atoms with Crippen molar-refractivity contribution < 1.29 is 0 Å². The second-order valence-electron chi connectivity index (χ2n) is 7.62. The number of benzene rings is 1. The molecule has 8 heteroatoms. The van der Waals surface area contributed by atoms with E-state index in [2.05, 4.69) is 25.8 Å². The lowest BCUT2D eigenvalue weighted by Crippen LogP contribution is -2.42. The lowest BCUT2D eigenvalue weighted by atomic mass is 9.91. The number of pyridine rings is 2. The van der Waals surface area contributed by atoms with Crippen molar-refractivity contribution >= 4 is 39.0 Å². The molecule has 8 nitrogen and oxygen atoms in total. The normalized spacial score (nSPS) is 19.5. The molecular formula is C21H23N7O. The summed E-state index contributed by atoms with van der Waals surface area (Å²) in [7, 11) is 0. The summed E-state index contributed by atoms with van der Waals surface area (Å²) in [4.78, 5) is 20.0. The van der Waals surface area contributed by atoms with Crippen LogP contribution in [0, 0.1) is 0 Å². The number of nitrogens with two attached hydrogens (primary N) is 1. The molecule has 0 aliphatic heterocycles. The summed E-state index contributed by atoms with van der Waals surface area (Å²) in [6, 6.07) is 9.95. The van der Waals surface area contributed by atoms with E-state index < -0.39 is 0 Å². The molecule has 1 aliphatic rings. The van der Waals surface area contributed by atoms with E-state index in [-0.39, 0.29) is 17.6 Å². The van der Waals surface area contributed by atoms with E-state index in [1.165, 1.54) is 6.42 Å². The molecule has 5 rings (SSSR count). The van der Waals surface area contributed by atoms with Crippen molar-refractivity contribution in [2.24, 2.45) is 5.73 Å². The molecule has 1 fully saturated rings. The number of anilines is 3. The molecule has 0 radical (unpaired) electrons. The van der Waals surface area contributed by atoms with Gasteiger partial charge in [-0.25, -0.2) is 4.98 Å². The molecule has 148 valence electrons. The Hall–Kier alpha value is -3.39. The highest BCUT2D eigenvalue weighted by Crippen LogP contribution is 2.28. The van der Waals surface area contributed by atoms with E-state index in [1.54, 1.807) is 12.4 Å². The van der Waals surface area contributed by atoms with Crippen LogP contribution in [-0.4, -0.2) is 32.2 Å². The summed E-state index contributed by atoms with van der Waals surface area (Å²) < 4.78 is 0. The van der Waals surface area contributed by atoms with Crippen LogP contribution >= 0.6 is 0 Å². The van der Waals surface area contributed by atoms with Crippen LogP contribution in [0.2, 0.25) is 0 Å². The van der Waals surface area contributed by atoms with Crippen LogP contribution in [0.15, 0.2) is 47.5 Å². The summed E-state index contributed by atoms with van der Waals surface area (Å²) in [5, 5.41) is 16.2. The van der Waals surface area contributed by atoms with Crippen LogP contribution in [-0.2, 0) is 0 Å². The van der Waals surface area contributed by atoms with Crippen LogP contribution < -0.4 is 21.9 Å². The highest BCUT2D eigenvalue weighted by atomic mass is 16.1. The van der Waals surface area contributed by atoms with Crippen molar-refractivity contribution in [1.29, 1.82) is 0 Å². The Morgan fingerprint density at radius 1 is 1.10 bits per heavy atom. The fourth-order valence-electron chi connectivity index (χ4n) is 4.06. The molecule has 0 saturated heterocycles. The number of aromatic nitrogens is 4. The van der Waals surface area contributed by atoms with E-state index in [9.17, 15) is 4.79 Å². The van der Waals surface area contributed by atoms with Crippen molar-refractivity contribution in [3.63, 3.8) is 0 Å². The van der Waals surface area contributed by atoms with Crippen LogP contribution in [0.1, 0.15) is 25.7 Å². The first kappa shape index (κ1) is 17.7. The van der Waals surface area contributed by atoms with Gasteiger partial charge in [0, 0.05) is 29.4 Å². The molecule has 0 bridgehead atoms. The topological polar surface area (TPSA) is 125 Å². The molecule has 0 spiro atoms. The number of H-pyrrole nitrogens is 2. The highest BCUT2D eigenvalue weighted by Gasteiger charge is 2.22. The molecule has 29 heavy (non-hydrogen) atoms. The average Bonchev–Trinajstić information content (AvgIpc) is 3.17. The Morgan fingerprint density at radius 3 is 2.90 bits per heavy atom. The lowest BCUT2D eigenvalue weighted by Gasteiger charge is -2.30. The van der Waals surface area contributed by atoms with Gasteiger partial charge >= 0.3 is 0 Å². The Bertz CT molecular complexity index is 1230. The standard InChI is InChI=1S/C21H23N7O/c22-15-3-1-2-4-16(15)26-18-9-12-7-8-23-21(29)19(12)20(27-18)25-14-6-5-13-11-24-28-17(13)10-14/h5-11,15-16H,1-4,22H2,(H,23,29)(H,24,28)(H2,25,26,27)/t15?,16-/m0/s1. The average molecular weight is 389 g/mol. The quantitative estimate of drug-likeness (QED) is 0.365. The van der Waals surface area contributed by atoms with Gasteiger partial charge in [0.15, 0.2) is 0 Å². The van der Waals surface area contributed by atoms with Gasteiger partial charge in [-0.15, -0.1) is 0 Å². The molecule has 3 heterocycles. The molecule has 4 aromatic rings. The van der Waals surface area contributed by atoms with Crippen molar-refractivity contribution in [3.8, 4) is 0 Å². The Balaban J connectivity index is 1.55. The molecule has 2 atom stereocenters. The molecule has 1 unspecified atom stereocenters. The molecular weight excluding hydrogens is 366 g/mol. The minimum atomic E-state index is -0.180. The zero-order chi connectivity index (χ0) is 19.8. The minimum absolute atomic E-state index is 0.111. The molecule has 1 aromatic carbocycles. The number of aromatic amines is 2. The van der Waals surface area contributed by atoms with Crippen LogP contribution in [0.5, 0.6) is 0 Å². The molecule has 1 aliphatic carbocycles. The maximum Gasteiger partial charge on any atom is 0.259 e. The predicted molar refractivity (Wildman–Crippen MR) is 116 cm³/mol. The van der Waals surface area contributed by atoms with Gasteiger partial charge in [0.05, 0.1) is 17.1 Å².